The van der Waals surface area contributed by atoms with E-state index in [9.17, 15) is 14.4 Å². The van der Waals surface area contributed by atoms with Gasteiger partial charge in [0, 0.05) is 40.9 Å². The summed E-state index contributed by atoms with van der Waals surface area (Å²) in [6.45, 7) is 12.1. The third kappa shape index (κ3) is 9.46. The van der Waals surface area contributed by atoms with Crippen LogP contribution in [0, 0.1) is 5.92 Å². The molecular formula is C35H41N3O5S. The van der Waals surface area contributed by atoms with Crippen molar-refractivity contribution in [1.82, 2.24) is 9.55 Å². The Morgan fingerprint density at radius 3 is 2.27 bits per heavy atom. The van der Waals surface area contributed by atoms with Crippen molar-refractivity contribution in [3.63, 3.8) is 0 Å². The second kappa shape index (κ2) is 14.1. The molecule has 9 heteroatoms. The minimum absolute atomic E-state index is 0.0239. The van der Waals surface area contributed by atoms with E-state index in [4.69, 9.17) is 9.47 Å². The van der Waals surface area contributed by atoms with E-state index in [1.807, 2.05) is 79.5 Å². The highest BCUT2D eigenvalue weighted by atomic mass is 32.1. The molecule has 1 atom stereocenters. The zero-order chi connectivity index (χ0) is 31.9. The van der Waals surface area contributed by atoms with Gasteiger partial charge in [0.1, 0.15) is 5.60 Å². The van der Waals surface area contributed by atoms with Crippen molar-refractivity contribution in [3.8, 4) is 11.3 Å². The number of hydrogen-bond donors (Lipinski definition) is 1. The summed E-state index contributed by atoms with van der Waals surface area (Å²) >= 11 is 1.35. The lowest BCUT2D eigenvalue weighted by Gasteiger charge is -2.20. The normalized spacial score (nSPS) is 12.5. The fourth-order valence-electron chi connectivity index (χ4n) is 4.39. The summed E-state index contributed by atoms with van der Waals surface area (Å²) < 4.78 is 13.4. The smallest absolute Gasteiger partial charge is 0.338 e. The highest BCUT2D eigenvalue weighted by Gasteiger charge is 2.23. The zero-order valence-corrected chi connectivity index (χ0v) is 27.1. The molecule has 1 amide bonds. The molecule has 0 radical (unpaired) electrons. The van der Waals surface area contributed by atoms with E-state index in [-0.39, 0.29) is 42.8 Å². The summed E-state index contributed by atoms with van der Waals surface area (Å²) in [6.07, 6.45) is 4.28. The molecule has 2 aromatic carbocycles. The number of aromatic nitrogens is 2. The first-order chi connectivity index (χ1) is 20.8. The van der Waals surface area contributed by atoms with Crippen molar-refractivity contribution in [1.29, 1.82) is 0 Å². The van der Waals surface area contributed by atoms with Gasteiger partial charge in [-0.1, -0.05) is 42.5 Å². The average Bonchev–Trinajstić information content (AvgIpc) is 3.65. The number of ketones is 1. The number of benzene rings is 2. The molecule has 0 aliphatic heterocycles. The van der Waals surface area contributed by atoms with Crippen LogP contribution in [0.2, 0.25) is 0 Å². The summed E-state index contributed by atoms with van der Waals surface area (Å²) in [5.41, 5.74) is 2.97. The first kappa shape index (κ1) is 32.8. The number of carbonyl (C=O) groups excluding carboxylic acids is 3. The van der Waals surface area contributed by atoms with Crippen LogP contribution in [0.5, 0.6) is 0 Å². The van der Waals surface area contributed by atoms with Gasteiger partial charge in [-0.3, -0.25) is 9.59 Å². The molecule has 2 heterocycles. The molecule has 4 rings (SSSR count). The number of amides is 1. The van der Waals surface area contributed by atoms with Gasteiger partial charge in [-0.15, -0.1) is 11.3 Å². The Hall–Kier alpha value is -4.08. The summed E-state index contributed by atoms with van der Waals surface area (Å²) in [4.78, 5) is 43.4. The van der Waals surface area contributed by atoms with Gasteiger partial charge in [0.05, 0.1) is 30.4 Å². The molecule has 44 heavy (non-hydrogen) atoms. The SMILES string of the molecule is CC(C)(C)OC(=O)c1ccc(COC[C@H](CCC(=O)c2ccn(C(C)(C)C)c2)C(=O)Nc2nc(-c3ccccc3)cs2)cc1. The van der Waals surface area contributed by atoms with Gasteiger partial charge in [-0.2, -0.15) is 0 Å². The van der Waals surface area contributed by atoms with Gasteiger partial charge < -0.3 is 19.4 Å². The Balaban J connectivity index is 1.40. The van der Waals surface area contributed by atoms with Gasteiger partial charge in [0.15, 0.2) is 10.9 Å². The van der Waals surface area contributed by atoms with Crippen LogP contribution in [0.1, 0.15) is 80.7 Å². The van der Waals surface area contributed by atoms with Gasteiger partial charge >= 0.3 is 5.97 Å². The lowest BCUT2D eigenvalue weighted by atomic mass is 9.99. The maximum Gasteiger partial charge on any atom is 0.338 e. The first-order valence-electron chi connectivity index (χ1n) is 14.7. The molecule has 232 valence electrons. The van der Waals surface area contributed by atoms with Crippen LogP contribution in [-0.4, -0.2) is 39.4 Å². The number of carbonyl (C=O) groups is 3. The first-order valence-corrected chi connectivity index (χ1v) is 15.6. The molecular weight excluding hydrogens is 574 g/mol. The standard InChI is InChI=1S/C35H41N3O5S/c1-34(2,3)38-19-18-27(20-38)30(39)17-16-28(31(40)37-33-36-29(23-44-33)25-10-8-7-9-11-25)22-42-21-24-12-14-26(15-13-24)32(41)43-35(4,5)6/h7-15,18-20,23,28H,16-17,21-22H2,1-6H3,(H,36,37,40)/t28-/m0/s1. The van der Waals surface area contributed by atoms with Crippen molar-refractivity contribution in [2.45, 2.75) is 72.1 Å². The molecule has 0 aliphatic carbocycles. The van der Waals surface area contributed by atoms with Crippen LogP contribution >= 0.6 is 11.3 Å². The Kier molecular flexibility index (Phi) is 10.5. The fourth-order valence-corrected chi connectivity index (χ4v) is 5.11. The van der Waals surface area contributed by atoms with E-state index < -0.39 is 11.5 Å². The van der Waals surface area contributed by atoms with Gasteiger partial charge in [-0.25, -0.2) is 9.78 Å². The molecule has 0 fully saturated rings. The number of rotatable bonds is 12. The van der Waals surface area contributed by atoms with Crippen molar-refractivity contribution >= 4 is 34.1 Å². The minimum Gasteiger partial charge on any atom is -0.456 e. The highest BCUT2D eigenvalue weighted by Crippen LogP contribution is 2.26. The topological polar surface area (TPSA) is 99.5 Å². The van der Waals surface area contributed by atoms with E-state index in [1.165, 1.54) is 11.3 Å². The third-order valence-corrected chi connectivity index (χ3v) is 7.62. The van der Waals surface area contributed by atoms with Crippen molar-refractivity contribution in [2.75, 3.05) is 11.9 Å². The summed E-state index contributed by atoms with van der Waals surface area (Å²) in [5, 5.41) is 5.32. The van der Waals surface area contributed by atoms with Crippen LogP contribution in [0.4, 0.5) is 5.13 Å². The van der Waals surface area contributed by atoms with E-state index in [1.54, 1.807) is 24.3 Å². The minimum atomic E-state index is -0.575. The molecule has 4 aromatic rings. The average molecular weight is 616 g/mol. The highest BCUT2D eigenvalue weighted by molar-refractivity contribution is 7.14. The predicted molar refractivity (Wildman–Crippen MR) is 174 cm³/mol. The maximum atomic E-state index is 13.4. The number of Topliss-reactive ketones (excluding diaryl/α,β-unsaturated/α-hetero) is 1. The monoisotopic (exact) mass is 615 g/mol. The molecule has 0 aliphatic rings. The lowest BCUT2D eigenvalue weighted by molar-refractivity contribution is -0.122. The van der Waals surface area contributed by atoms with Crippen molar-refractivity contribution < 1.29 is 23.9 Å². The lowest BCUT2D eigenvalue weighted by Crippen LogP contribution is -2.27. The number of nitrogens with one attached hydrogen (secondary N) is 1. The Morgan fingerprint density at radius 2 is 1.64 bits per heavy atom. The Bertz CT molecular complexity index is 1560. The molecule has 0 unspecified atom stereocenters. The summed E-state index contributed by atoms with van der Waals surface area (Å²) in [6, 6.07) is 18.6. The van der Waals surface area contributed by atoms with E-state index in [2.05, 4.69) is 31.1 Å². The molecule has 8 nitrogen and oxygen atoms in total. The summed E-state index contributed by atoms with van der Waals surface area (Å²) in [7, 11) is 0. The van der Waals surface area contributed by atoms with E-state index >= 15 is 0 Å². The van der Waals surface area contributed by atoms with Crippen LogP contribution in [0.3, 0.4) is 0 Å². The second-order valence-electron chi connectivity index (χ2n) is 12.7. The predicted octanol–water partition coefficient (Wildman–Crippen LogP) is 7.76. The third-order valence-electron chi connectivity index (χ3n) is 6.86. The number of thiazole rings is 1. The molecule has 0 spiro atoms. The number of ether oxygens (including phenoxy) is 2. The molecule has 0 saturated heterocycles. The van der Waals surface area contributed by atoms with Crippen LogP contribution in [-0.2, 0) is 26.4 Å². The van der Waals surface area contributed by atoms with E-state index in [0.717, 1.165) is 16.8 Å². The van der Waals surface area contributed by atoms with Gasteiger partial charge in [-0.05, 0) is 71.7 Å². The Labute approximate surface area is 263 Å². The Morgan fingerprint density at radius 1 is 0.932 bits per heavy atom. The second-order valence-corrected chi connectivity index (χ2v) is 13.6. The quantitative estimate of drug-likeness (QED) is 0.129. The molecule has 1 N–H and O–H groups in total. The van der Waals surface area contributed by atoms with Crippen molar-refractivity contribution in [3.05, 3.63) is 95.1 Å². The maximum absolute atomic E-state index is 13.4. The molecule has 2 aromatic heterocycles. The number of hydrogen-bond acceptors (Lipinski definition) is 7. The fraction of sp³-hybridized carbons (Fsp3) is 0.371. The molecule has 0 saturated carbocycles. The van der Waals surface area contributed by atoms with Crippen LogP contribution < -0.4 is 5.32 Å². The largest absolute Gasteiger partial charge is 0.456 e. The van der Waals surface area contributed by atoms with Gasteiger partial charge in [0.25, 0.3) is 0 Å². The summed E-state index contributed by atoms with van der Waals surface area (Å²) in [5.74, 6) is -1.24. The van der Waals surface area contributed by atoms with E-state index in [0.29, 0.717) is 22.7 Å². The number of anilines is 1. The van der Waals surface area contributed by atoms with Crippen LogP contribution in [0.25, 0.3) is 11.3 Å². The van der Waals surface area contributed by atoms with Gasteiger partial charge in [0.2, 0.25) is 5.91 Å². The van der Waals surface area contributed by atoms with Crippen LogP contribution in [0.15, 0.2) is 78.4 Å². The number of nitrogens with zero attached hydrogens (tertiary/aromatic N) is 2. The van der Waals surface area contributed by atoms with Crippen molar-refractivity contribution in [2.24, 2.45) is 5.92 Å². The molecule has 0 bridgehead atoms. The number of esters is 1. The zero-order valence-electron chi connectivity index (χ0n) is 26.3.